The lowest BCUT2D eigenvalue weighted by Crippen LogP contribution is -2.19. The molecule has 2 N–H and O–H groups in total. The molecular formula is C14H10ClN3O. The molecule has 0 fully saturated rings. The van der Waals surface area contributed by atoms with Gasteiger partial charge in [-0.05, 0) is 30.3 Å². The first-order valence-electron chi connectivity index (χ1n) is 5.68. The van der Waals surface area contributed by atoms with Gasteiger partial charge in [0.2, 0.25) is 0 Å². The van der Waals surface area contributed by atoms with Gasteiger partial charge in [0.1, 0.15) is 6.33 Å². The van der Waals surface area contributed by atoms with Crippen molar-refractivity contribution in [2.75, 3.05) is 5.73 Å². The van der Waals surface area contributed by atoms with Gasteiger partial charge in [0, 0.05) is 5.69 Å². The summed E-state index contributed by atoms with van der Waals surface area (Å²) in [7, 11) is 0. The molecule has 94 valence electrons. The van der Waals surface area contributed by atoms with Crippen LogP contribution in [0.5, 0.6) is 0 Å². The van der Waals surface area contributed by atoms with E-state index in [0.717, 1.165) is 0 Å². The molecule has 0 spiro atoms. The molecule has 0 aliphatic heterocycles. The van der Waals surface area contributed by atoms with Gasteiger partial charge in [-0.25, -0.2) is 4.98 Å². The fraction of sp³-hybridized carbons (Fsp3) is 0. The summed E-state index contributed by atoms with van der Waals surface area (Å²) in [6.07, 6.45) is 1.47. The van der Waals surface area contributed by atoms with Crippen LogP contribution in [0.2, 0.25) is 5.02 Å². The summed E-state index contributed by atoms with van der Waals surface area (Å²) in [5.41, 5.74) is 7.27. The molecule has 3 rings (SSSR count). The van der Waals surface area contributed by atoms with E-state index in [9.17, 15) is 4.79 Å². The molecule has 1 aromatic heterocycles. The number of hydrogen-bond donors (Lipinski definition) is 1. The molecule has 0 saturated heterocycles. The number of nitrogen functional groups attached to an aromatic ring is 1. The SMILES string of the molecule is Nc1ccc(-n2cnc3ccccc3c2=O)c(Cl)c1. The van der Waals surface area contributed by atoms with Gasteiger partial charge in [0.15, 0.2) is 0 Å². The van der Waals surface area contributed by atoms with Crippen molar-refractivity contribution in [3.05, 3.63) is 64.2 Å². The van der Waals surface area contributed by atoms with E-state index in [0.29, 0.717) is 27.3 Å². The first-order valence-corrected chi connectivity index (χ1v) is 6.06. The minimum Gasteiger partial charge on any atom is -0.399 e. The smallest absolute Gasteiger partial charge is 0.265 e. The highest BCUT2D eigenvalue weighted by atomic mass is 35.5. The monoisotopic (exact) mass is 271 g/mol. The highest BCUT2D eigenvalue weighted by Crippen LogP contribution is 2.22. The number of anilines is 1. The van der Waals surface area contributed by atoms with E-state index in [-0.39, 0.29) is 5.56 Å². The topological polar surface area (TPSA) is 60.9 Å². The lowest BCUT2D eigenvalue weighted by Gasteiger charge is -2.08. The Kier molecular flexibility index (Phi) is 2.72. The molecule has 1 heterocycles. The maximum Gasteiger partial charge on any atom is 0.265 e. The quantitative estimate of drug-likeness (QED) is 0.692. The minimum absolute atomic E-state index is 0.155. The zero-order valence-electron chi connectivity index (χ0n) is 9.88. The average Bonchev–Trinajstić information content (AvgIpc) is 2.41. The van der Waals surface area contributed by atoms with Crippen molar-refractivity contribution in [1.82, 2.24) is 9.55 Å². The summed E-state index contributed by atoms with van der Waals surface area (Å²) in [6.45, 7) is 0. The van der Waals surface area contributed by atoms with Gasteiger partial charge in [-0.1, -0.05) is 23.7 Å². The molecule has 2 aromatic carbocycles. The van der Waals surface area contributed by atoms with Crippen LogP contribution in [0.25, 0.3) is 16.6 Å². The summed E-state index contributed by atoms with van der Waals surface area (Å²) in [5, 5.41) is 0.970. The number of para-hydroxylation sites is 1. The van der Waals surface area contributed by atoms with Crippen molar-refractivity contribution >= 4 is 28.2 Å². The number of halogens is 1. The van der Waals surface area contributed by atoms with E-state index in [1.165, 1.54) is 10.9 Å². The molecule has 19 heavy (non-hydrogen) atoms. The fourth-order valence-electron chi connectivity index (χ4n) is 1.96. The first-order chi connectivity index (χ1) is 9.16. The Morgan fingerprint density at radius 2 is 1.95 bits per heavy atom. The van der Waals surface area contributed by atoms with E-state index < -0.39 is 0 Å². The van der Waals surface area contributed by atoms with Crippen LogP contribution in [-0.4, -0.2) is 9.55 Å². The second kappa shape index (κ2) is 4.40. The molecule has 0 saturated carbocycles. The molecule has 0 aliphatic rings. The van der Waals surface area contributed by atoms with Gasteiger partial charge in [-0.15, -0.1) is 0 Å². The average molecular weight is 272 g/mol. The van der Waals surface area contributed by atoms with Gasteiger partial charge >= 0.3 is 0 Å². The molecule has 0 radical (unpaired) electrons. The second-order valence-electron chi connectivity index (χ2n) is 4.15. The molecule has 0 amide bonds. The van der Waals surface area contributed by atoms with Crippen molar-refractivity contribution in [1.29, 1.82) is 0 Å². The molecule has 0 aliphatic carbocycles. The standard InChI is InChI=1S/C14H10ClN3O/c15-11-7-9(16)5-6-13(11)18-8-17-12-4-2-1-3-10(12)14(18)19/h1-8H,16H2. The zero-order chi connectivity index (χ0) is 13.4. The van der Waals surface area contributed by atoms with Crippen LogP contribution in [-0.2, 0) is 0 Å². The maximum absolute atomic E-state index is 12.4. The molecule has 0 bridgehead atoms. The summed E-state index contributed by atoms with van der Waals surface area (Å²) < 4.78 is 1.42. The van der Waals surface area contributed by atoms with Crippen molar-refractivity contribution < 1.29 is 0 Å². The van der Waals surface area contributed by atoms with Crippen molar-refractivity contribution in [3.63, 3.8) is 0 Å². The third kappa shape index (κ3) is 1.96. The molecule has 3 aromatic rings. The highest BCUT2D eigenvalue weighted by molar-refractivity contribution is 6.32. The Labute approximate surface area is 114 Å². The minimum atomic E-state index is -0.155. The Hall–Kier alpha value is -2.33. The summed E-state index contributed by atoms with van der Waals surface area (Å²) >= 11 is 6.12. The lowest BCUT2D eigenvalue weighted by atomic mass is 10.2. The van der Waals surface area contributed by atoms with Crippen LogP contribution in [0.3, 0.4) is 0 Å². The van der Waals surface area contributed by atoms with Gasteiger partial charge in [0.25, 0.3) is 5.56 Å². The Bertz CT molecular complexity index is 826. The number of fused-ring (bicyclic) bond motifs is 1. The maximum atomic E-state index is 12.4. The van der Waals surface area contributed by atoms with Crippen molar-refractivity contribution in [3.8, 4) is 5.69 Å². The normalized spacial score (nSPS) is 10.8. The fourth-order valence-corrected chi connectivity index (χ4v) is 2.24. The van der Waals surface area contributed by atoms with Crippen LogP contribution >= 0.6 is 11.6 Å². The predicted octanol–water partition coefficient (Wildman–Crippen LogP) is 2.62. The highest BCUT2D eigenvalue weighted by Gasteiger charge is 2.08. The second-order valence-corrected chi connectivity index (χ2v) is 4.55. The van der Waals surface area contributed by atoms with Gasteiger partial charge in [-0.2, -0.15) is 0 Å². The van der Waals surface area contributed by atoms with Gasteiger partial charge < -0.3 is 5.73 Å². The third-order valence-corrected chi connectivity index (χ3v) is 3.20. The number of nitrogens with two attached hydrogens (primary N) is 1. The number of nitrogens with zero attached hydrogens (tertiary/aromatic N) is 2. The molecular weight excluding hydrogens is 262 g/mol. The van der Waals surface area contributed by atoms with Gasteiger partial charge in [-0.3, -0.25) is 9.36 Å². The van der Waals surface area contributed by atoms with E-state index in [1.807, 2.05) is 6.07 Å². The predicted molar refractivity (Wildman–Crippen MR) is 76.8 cm³/mol. The third-order valence-electron chi connectivity index (χ3n) is 2.90. The van der Waals surface area contributed by atoms with Crippen molar-refractivity contribution in [2.45, 2.75) is 0 Å². The van der Waals surface area contributed by atoms with Crippen molar-refractivity contribution in [2.24, 2.45) is 0 Å². The molecule has 0 atom stereocenters. The molecule has 4 nitrogen and oxygen atoms in total. The van der Waals surface area contributed by atoms with E-state index in [2.05, 4.69) is 4.98 Å². The van der Waals surface area contributed by atoms with Crippen LogP contribution in [0, 0.1) is 0 Å². The summed E-state index contributed by atoms with van der Waals surface area (Å²) in [6, 6.07) is 12.2. The number of rotatable bonds is 1. The van der Waals surface area contributed by atoms with E-state index >= 15 is 0 Å². The van der Waals surface area contributed by atoms with Crippen LogP contribution in [0.1, 0.15) is 0 Å². The zero-order valence-corrected chi connectivity index (χ0v) is 10.6. The van der Waals surface area contributed by atoms with Crippen LogP contribution < -0.4 is 11.3 Å². The number of aromatic nitrogens is 2. The van der Waals surface area contributed by atoms with Gasteiger partial charge in [0.05, 0.1) is 21.6 Å². The Balaban J connectivity index is 2.31. The number of hydrogen-bond acceptors (Lipinski definition) is 3. The Morgan fingerprint density at radius 3 is 2.74 bits per heavy atom. The molecule has 5 heteroatoms. The summed E-state index contributed by atoms with van der Waals surface area (Å²) in [4.78, 5) is 16.7. The van der Waals surface area contributed by atoms with E-state index in [1.54, 1.807) is 36.4 Å². The molecule has 0 unspecified atom stereocenters. The summed E-state index contributed by atoms with van der Waals surface area (Å²) in [5.74, 6) is 0. The lowest BCUT2D eigenvalue weighted by molar-refractivity contribution is 0.963. The number of benzene rings is 2. The van der Waals surface area contributed by atoms with E-state index in [4.69, 9.17) is 17.3 Å². The van der Waals surface area contributed by atoms with Crippen LogP contribution in [0.15, 0.2) is 53.6 Å². The first kappa shape index (κ1) is 11.7. The Morgan fingerprint density at radius 1 is 1.16 bits per heavy atom. The van der Waals surface area contributed by atoms with Crippen LogP contribution in [0.4, 0.5) is 5.69 Å². The largest absolute Gasteiger partial charge is 0.399 e.